The normalized spacial score (nSPS) is 21.1. The van der Waals surface area contributed by atoms with Crippen LogP contribution in [0.5, 0.6) is 0 Å². The van der Waals surface area contributed by atoms with Gasteiger partial charge in [-0.1, -0.05) is 6.07 Å². The molecule has 0 saturated carbocycles. The van der Waals surface area contributed by atoms with E-state index in [1.54, 1.807) is 12.1 Å². The second-order valence-electron chi connectivity index (χ2n) is 3.93. The van der Waals surface area contributed by atoms with Gasteiger partial charge in [0.2, 0.25) is 0 Å². The first kappa shape index (κ1) is 10.8. The van der Waals surface area contributed by atoms with Crippen molar-refractivity contribution in [1.29, 1.82) is 0 Å². The Morgan fingerprint density at radius 1 is 1.40 bits per heavy atom. The molecule has 2 rings (SSSR count). The maximum Gasteiger partial charge on any atom is 0.356 e. The summed E-state index contributed by atoms with van der Waals surface area (Å²) < 4.78 is 11.1. The van der Waals surface area contributed by atoms with Gasteiger partial charge in [0.05, 0.1) is 5.30 Å². The average molecular weight is 227 g/mol. The maximum atomic E-state index is 11.1. The highest BCUT2D eigenvalue weighted by Gasteiger charge is 2.22. The summed E-state index contributed by atoms with van der Waals surface area (Å²) in [5.41, 5.74) is 7.92. The molecule has 1 atom stereocenters. The second-order valence-corrected chi connectivity index (χ2v) is 5.53. The van der Waals surface area contributed by atoms with E-state index in [0.717, 1.165) is 30.4 Å². The van der Waals surface area contributed by atoms with E-state index in [-0.39, 0.29) is 11.3 Å². The lowest BCUT2D eigenvalue weighted by molar-refractivity contribution is 0.387. The van der Waals surface area contributed by atoms with Crippen LogP contribution in [0.25, 0.3) is 0 Å². The molecule has 15 heavy (non-hydrogen) atoms. The fourth-order valence-corrected chi connectivity index (χ4v) is 2.61. The molecule has 4 nitrogen and oxygen atoms in total. The van der Waals surface area contributed by atoms with E-state index >= 15 is 0 Å². The minimum atomic E-state index is -4.12. The lowest BCUT2D eigenvalue weighted by Crippen LogP contribution is -2.19. The molecule has 1 aliphatic rings. The van der Waals surface area contributed by atoms with Crippen LogP contribution in [0.2, 0.25) is 0 Å². The predicted molar refractivity (Wildman–Crippen MR) is 58.0 cm³/mol. The first-order valence-corrected chi connectivity index (χ1v) is 6.54. The molecule has 1 aromatic rings. The SMILES string of the molecule is NC1CCCc2cc(P(=O)(O)O)ccc21. The van der Waals surface area contributed by atoms with Crippen molar-refractivity contribution in [3.05, 3.63) is 29.3 Å². The molecule has 0 aliphatic heterocycles. The van der Waals surface area contributed by atoms with E-state index in [2.05, 4.69) is 0 Å². The molecule has 0 saturated heterocycles. The topological polar surface area (TPSA) is 83.6 Å². The molecule has 0 aromatic heterocycles. The van der Waals surface area contributed by atoms with E-state index in [1.165, 1.54) is 6.07 Å². The molecule has 0 fully saturated rings. The van der Waals surface area contributed by atoms with Gasteiger partial charge < -0.3 is 15.5 Å². The van der Waals surface area contributed by atoms with Crippen LogP contribution in [0.4, 0.5) is 0 Å². The molecule has 4 N–H and O–H groups in total. The molecule has 0 heterocycles. The van der Waals surface area contributed by atoms with E-state index in [4.69, 9.17) is 15.5 Å². The highest BCUT2D eigenvalue weighted by atomic mass is 31.2. The molecule has 0 radical (unpaired) electrons. The Morgan fingerprint density at radius 2 is 2.13 bits per heavy atom. The number of rotatable bonds is 1. The Morgan fingerprint density at radius 3 is 2.80 bits per heavy atom. The van der Waals surface area contributed by atoms with Crippen LogP contribution < -0.4 is 11.0 Å². The standard InChI is InChI=1S/C10H14NO3P/c11-10-3-1-2-7-6-8(15(12,13)14)4-5-9(7)10/h4-6,10H,1-3,11H2,(H2,12,13,14). The van der Waals surface area contributed by atoms with Crippen LogP contribution in [0.3, 0.4) is 0 Å². The zero-order valence-electron chi connectivity index (χ0n) is 8.26. The van der Waals surface area contributed by atoms with E-state index < -0.39 is 7.60 Å². The first-order chi connectivity index (χ1) is 6.98. The third-order valence-electron chi connectivity index (χ3n) is 2.82. The monoisotopic (exact) mass is 227 g/mol. The van der Waals surface area contributed by atoms with Crippen molar-refractivity contribution in [2.75, 3.05) is 0 Å². The van der Waals surface area contributed by atoms with Gasteiger partial charge in [0.15, 0.2) is 0 Å². The van der Waals surface area contributed by atoms with Crippen LogP contribution >= 0.6 is 7.60 Å². The van der Waals surface area contributed by atoms with Gasteiger partial charge in [-0.3, -0.25) is 4.57 Å². The average Bonchev–Trinajstić information content (AvgIpc) is 2.16. The van der Waals surface area contributed by atoms with E-state index in [9.17, 15) is 4.57 Å². The Hall–Kier alpha value is -0.670. The predicted octanol–water partition coefficient (Wildman–Crippen LogP) is 0.826. The van der Waals surface area contributed by atoms with Crippen molar-refractivity contribution in [3.63, 3.8) is 0 Å². The second kappa shape index (κ2) is 3.72. The van der Waals surface area contributed by atoms with Gasteiger partial charge in [-0.15, -0.1) is 0 Å². The zero-order chi connectivity index (χ0) is 11.1. The Kier molecular flexibility index (Phi) is 2.69. The smallest absolute Gasteiger partial charge is 0.324 e. The Labute approximate surface area is 88.3 Å². The van der Waals surface area contributed by atoms with Crippen LogP contribution in [0.1, 0.15) is 30.0 Å². The van der Waals surface area contributed by atoms with Crippen molar-refractivity contribution < 1.29 is 14.4 Å². The number of hydrogen-bond donors (Lipinski definition) is 3. The molecule has 82 valence electrons. The number of aryl methyl sites for hydroxylation is 1. The molecule has 0 bridgehead atoms. The Balaban J connectivity index is 2.46. The van der Waals surface area contributed by atoms with Gasteiger partial charge in [-0.05, 0) is 42.5 Å². The van der Waals surface area contributed by atoms with E-state index in [0.29, 0.717) is 0 Å². The van der Waals surface area contributed by atoms with Gasteiger partial charge in [0.1, 0.15) is 0 Å². The summed E-state index contributed by atoms with van der Waals surface area (Å²) in [5.74, 6) is 0. The summed E-state index contributed by atoms with van der Waals surface area (Å²) in [6.07, 6.45) is 2.79. The summed E-state index contributed by atoms with van der Waals surface area (Å²) in [6, 6.07) is 4.83. The maximum absolute atomic E-state index is 11.1. The summed E-state index contributed by atoms with van der Waals surface area (Å²) in [6.45, 7) is 0. The van der Waals surface area contributed by atoms with Crippen LogP contribution in [0.15, 0.2) is 18.2 Å². The quantitative estimate of drug-likeness (QED) is 0.620. The Bertz CT molecular complexity index is 427. The van der Waals surface area contributed by atoms with Crippen LogP contribution in [-0.2, 0) is 11.0 Å². The summed E-state index contributed by atoms with van der Waals surface area (Å²) >= 11 is 0. The highest BCUT2D eigenvalue weighted by Crippen LogP contribution is 2.35. The molecule has 1 unspecified atom stereocenters. The molecular weight excluding hydrogens is 213 g/mol. The van der Waals surface area contributed by atoms with Gasteiger partial charge >= 0.3 is 7.60 Å². The molecular formula is C10H14NO3P. The lowest BCUT2D eigenvalue weighted by Gasteiger charge is -2.22. The summed E-state index contributed by atoms with van der Waals surface area (Å²) in [4.78, 5) is 18.1. The van der Waals surface area contributed by atoms with Crippen molar-refractivity contribution in [1.82, 2.24) is 0 Å². The fourth-order valence-electron chi connectivity index (χ4n) is 2.02. The minimum Gasteiger partial charge on any atom is -0.324 e. The molecule has 5 heteroatoms. The van der Waals surface area contributed by atoms with Crippen molar-refractivity contribution in [2.24, 2.45) is 5.73 Å². The van der Waals surface area contributed by atoms with E-state index in [1.807, 2.05) is 0 Å². The van der Waals surface area contributed by atoms with Gasteiger partial charge in [-0.2, -0.15) is 0 Å². The minimum absolute atomic E-state index is 0.0135. The van der Waals surface area contributed by atoms with Crippen LogP contribution in [-0.4, -0.2) is 9.79 Å². The molecule has 0 spiro atoms. The summed E-state index contributed by atoms with van der Waals surface area (Å²) in [5, 5.41) is 0.0929. The van der Waals surface area contributed by atoms with Gasteiger partial charge in [0.25, 0.3) is 0 Å². The zero-order valence-corrected chi connectivity index (χ0v) is 9.15. The van der Waals surface area contributed by atoms with Gasteiger partial charge in [0, 0.05) is 6.04 Å². The molecule has 0 amide bonds. The largest absolute Gasteiger partial charge is 0.356 e. The molecule has 1 aliphatic carbocycles. The number of benzene rings is 1. The number of fused-ring (bicyclic) bond motifs is 1. The molecule has 1 aromatic carbocycles. The van der Waals surface area contributed by atoms with Crippen molar-refractivity contribution >= 4 is 12.9 Å². The lowest BCUT2D eigenvalue weighted by atomic mass is 9.88. The van der Waals surface area contributed by atoms with Crippen LogP contribution in [0, 0.1) is 0 Å². The number of hydrogen-bond acceptors (Lipinski definition) is 2. The van der Waals surface area contributed by atoms with Crippen molar-refractivity contribution in [3.8, 4) is 0 Å². The third-order valence-corrected chi connectivity index (χ3v) is 3.77. The van der Waals surface area contributed by atoms with Crippen molar-refractivity contribution in [2.45, 2.75) is 25.3 Å². The first-order valence-electron chi connectivity index (χ1n) is 4.93. The van der Waals surface area contributed by atoms with Gasteiger partial charge in [-0.25, -0.2) is 0 Å². The third kappa shape index (κ3) is 2.13. The highest BCUT2D eigenvalue weighted by molar-refractivity contribution is 7.60. The fraction of sp³-hybridized carbons (Fsp3) is 0.400. The number of nitrogens with two attached hydrogens (primary N) is 1. The summed E-state index contributed by atoms with van der Waals surface area (Å²) in [7, 11) is -4.12.